The molecule has 2 aliphatic rings. The van der Waals surface area contributed by atoms with Crippen molar-refractivity contribution in [2.24, 2.45) is 0 Å². The fourth-order valence-corrected chi connectivity index (χ4v) is 3.56. The predicted octanol–water partition coefficient (Wildman–Crippen LogP) is 4.35. The van der Waals surface area contributed by atoms with Gasteiger partial charge in [-0.1, -0.05) is 18.2 Å². The van der Waals surface area contributed by atoms with Crippen LogP contribution in [0.4, 0.5) is 16.2 Å². The van der Waals surface area contributed by atoms with Crippen molar-refractivity contribution < 1.29 is 14.3 Å². The third-order valence-corrected chi connectivity index (χ3v) is 4.92. The summed E-state index contributed by atoms with van der Waals surface area (Å²) < 4.78 is 12.0. The van der Waals surface area contributed by atoms with Gasteiger partial charge in [-0.25, -0.2) is 4.79 Å². The van der Waals surface area contributed by atoms with Crippen LogP contribution in [0, 0.1) is 0 Å². The fourth-order valence-electron chi connectivity index (χ4n) is 3.56. The van der Waals surface area contributed by atoms with E-state index < -0.39 is 5.79 Å². The second kappa shape index (κ2) is 7.39. The van der Waals surface area contributed by atoms with Gasteiger partial charge in [0.1, 0.15) is 0 Å². The van der Waals surface area contributed by atoms with Gasteiger partial charge in [-0.2, -0.15) is 0 Å². The molecule has 0 radical (unpaired) electrons. The molecule has 0 aromatic heterocycles. The number of carbonyl (C=O) groups excluding carboxylic acids is 1. The number of nitrogens with one attached hydrogen (secondary N) is 3. The molecule has 1 aliphatic heterocycles. The van der Waals surface area contributed by atoms with Gasteiger partial charge in [-0.3, -0.25) is 0 Å². The van der Waals surface area contributed by atoms with Crippen molar-refractivity contribution in [2.75, 3.05) is 17.2 Å². The smallest absolute Gasteiger partial charge is 0.319 e. The second-order valence-corrected chi connectivity index (χ2v) is 7.23. The number of fused-ring (bicyclic) bond motifs is 1. The van der Waals surface area contributed by atoms with Gasteiger partial charge in [-0.05, 0) is 44.0 Å². The Morgan fingerprint density at radius 3 is 2.56 bits per heavy atom. The summed E-state index contributed by atoms with van der Waals surface area (Å²) in [5.74, 6) is 0.970. The first-order valence-electron chi connectivity index (χ1n) is 9.50. The molecule has 2 aromatic carbocycles. The Morgan fingerprint density at radius 2 is 1.78 bits per heavy atom. The molecule has 0 saturated heterocycles. The number of anilines is 2. The summed E-state index contributed by atoms with van der Waals surface area (Å²) in [6.45, 7) is 2.60. The summed E-state index contributed by atoms with van der Waals surface area (Å²) in [5.41, 5.74) is 1.72. The molecule has 4 rings (SSSR count). The maximum atomic E-state index is 12.3. The molecule has 1 fully saturated rings. The molecule has 2 aromatic rings. The molecule has 1 heterocycles. The third-order valence-electron chi connectivity index (χ3n) is 4.92. The van der Waals surface area contributed by atoms with Crippen LogP contribution in [-0.4, -0.2) is 24.4 Å². The molecule has 142 valence electrons. The van der Waals surface area contributed by atoms with Crippen LogP contribution in [-0.2, 0) is 0 Å². The highest BCUT2D eigenvalue weighted by atomic mass is 16.7. The van der Waals surface area contributed by atoms with E-state index in [-0.39, 0.29) is 12.1 Å². The molecule has 1 atom stereocenters. The van der Waals surface area contributed by atoms with Gasteiger partial charge in [0.2, 0.25) is 0 Å². The van der Waals surface area contributed by atoms with Gasteiger partial charge in [0, 0.05) is 42.9 Å². The van der Waals surface area contributed by atoms with E-state index in [4.69, 9.17) is 9.47 Å². The van der Waals surface area contributed by atoms with Gasteiger partial charge >= 0.3 is 6.03 Å². The minimum atomic E-state index is -0.485. The number of hydrogen-bond donors (Lipinski definition) is 3. The van der Waals surface area contributed by atoms with Crippen molar-refractivity contribution in [1.82, 2.24) is 5.32 Å². The number of rotatable bonds is 5. The van der Waals surface area contributed by atoms with Crippen LogP contribution in [0.25, 0.3) is 0 Å². The largest absolute Gasteiger partial charge is 0.448 e. The van der Waals surface area contributed by atoms with E-state index >= 15 is 0 Å². The predicted molar refractivity (Wildman–Crippen MR) is 105 cm³/mol. The third kappa shape index (κ3) is 4.10. The molecule has 27 heavy (non-hydrogen) atoms. The summed E-state index contributed by atoms with van der Waals surface area (Å²) >= 11 is 0. The number of para-hydroxylation sites is 1. The lowest BCUT2D eigenvalue weighted by Gasteiger charge is -2.21. The lowest BCUT2D eigenvalue weighted by molar-refractivity contribution is -0.0716. The first-order chi connectivity index (χ1) is 13.1. The van der Waals surface area contributed by atoms with E-state index in [9.17, 15) is 4.79 Å². The minimum absolute atomic E-state index is 0.0269. The summed E-state index contributed by atoms with van der Waals surface area (Å²) in [5, 5.41) is 9.09. The van der Waals surface area contributed by atoms with Gasteiger partial charge < -0.3 is 25.4 Å². The Labute approximate surface area is 159 Å². The van der Waals surface area contributed by atoms with Crippen LogP contribution in [0.15, 0.2) is 48.5 Å². The van der Waals surface area contributed by atoms with Crippen LogP contribution < -0.4 is 25.4 Å². The molecule has 1 aliphatic carbocycles. The topological polar surface area (TPSA) is 71.6 Å². The average Bonchev–Trinajstić information content (AvgIpc) is 3.26. The lowest BCUT2D eigenvalue weighted by Crippen LogP contribution is -2.40. The van der Waals surface area contributed by atoms with E-state index in [0.29, 0.717) is 18.0 Å². The van der Waals surface area contributed by atoms with Crippen LogP contribution in [0.1, 0.15) is 32.6 Å². The van der Waals surface area contributed by atoms with E-state index in [2.05, 4.69) is 16.0 Å². The standard InChI is InChI=1S/C21H25N3O3/c1-15(14-22-16-7-3-2-4-8-16)23-20(25)24-17-9-10-18-19(13-17)27-21(26-18)11-5-6-12-21/h2-4,7-10,13,15,22H,5-6,11-12,14H2,1H3,(H2,23,24,25)/t15-/m1/s1. The molecular weight excluding hydrogens is 342 g/mol. The highest BCUT2D eigenvalue weighted by Gasteiger charge is 2.44. The lowest BCUT2D eigenvalue weighted by atomic mass is 10.2. The molecule has 0 unspecified atom stereocenters. The van der Waals surface area contributed by atoms with Gasteiger partial charge in [0.25, 0.3) is 5.79 Å². The van der Waals surface area contributed by atoms with Crippen LogP contribution in [0.2, 0.25) is 0 Å². The number of ether oxygens (including phenoxy) is 2. The molecule has 2 amide bonds. The minimum Gasteiger partial charge on any atom is -0.448 e. The Bertz CT molecular complexity index is 804. The second-order valence-electron chi connectivity index (χ2n) is 7.23. The maximum Gasteiger partial charge on any atom is 0.319 e. The van der Waals surface area contributed by atoms with Crippen molar-refractivity contribution in [1.29, 1.82) is 0 Å². The van der Waals surface area contributed by atoms with Crippen molar-refractivity contribution in [3.63, 3.8) is 0 Å². The van der Waals surface area contributed by atoms with Crippen molar-refractivity contribution in [3.05, 3.63) is 48.5 Å². The number of carbonyl (C=O) groups is 1. The molecule has 1 saturated carbocycles. The molecule has 3 N–H and O–H groups in total. The Hall–Kier alpha value is -2.89. The zero-order chi connectivity index (χ0) is 18.7. The molecule has 6 nitrogen and oxygen atoms in total. The monoisotopic (exact) mass is 367 g/mol. The van der Waals surface area contributed by atoms with Gasteiger partial charge in [0.15, 0.2) is 11.5 Å². The van der Waals surface area contributed by atoms with E-state index in [1.165, 1.54) is 0 Å². The zero-order valence-electron chi connectivity index (χ0n) is 15.5. The summed E-state index contributed by atoms with van der Waals surface area (Å²) in [6.07, 6.45) is 4.07. The fraction of sp³-hybridized carbons (Fsp3) is 0.381. The Balaban J connectivity index is 1.29. The summed E-state index contributed by atoms with van der Waals surface area (Å²) in [4.78, 5) is 12.3. The Morgan fingerprint density at radius 1 is 1.04 bits per heavy atom. The summed E-state index contributed by atoms with van der Waals surface area (Å²) in [6, 6.07) is 15.2. The average molecular weight is 367 g/mol. The van der Waals surface area contributed by atoms with E-state index in [0.717, 1.165) is 37.1 Å². The highest BCUT2D eigenvalue weighted by Crippen LogP contribution is 2.47. The Kier molecular flexibility index (Phi) is 4.79. The van der Waals surface area contributed by atoms with Crippen LogP contribution in [0.3, 0.4) is 0 Å². The number of urea groups is 1. The molecular formula is C21H25N3O3. The first kappa shape index (κ1) is 17.5. The van der Waals surface area contributed by atoms with Crippen molar-refractivity contribution >= 4 is 17.4 Å². The number of amides is 2. The quantitative estimate of drug-likeness (QED) is 0.735. The normalized spacial score (nSPS) is 17.5. The molecule has 6 heteroatoms. The van der Waals surface area contributed by atoms with Crippen molar-refractivity contribution in [3.8, 4) is 11.5 Å². The van der Waals surface area contributed by atoms with Crippen LogP contribution in [0.5, 0.6) is 11.5 Å². The van der Waals surface area contributed by atoms with Crippen LogP contribution >= 0.6 is 0 Å². The molecule has 1 spiro atoms. The van der Waals surface area contributed by atoms with E-state index in [1.54, 1.807) is 0 Å². The SMILES string of the molecule is C[C@H](CNc1ccccc1)NC(=O)Nc1ccc2c(c1)OC1(CCCC1)O2. The number of benzene rings is 2. The maximum absolute atomic E-state index is 12.3. The van der Waals surface area contributed by atoms with Gasteiger partial charge in [0.05, 0.1) is 0 Å². The van der Waals surface area contributed by atoms with Crippen molar-refractivity contribution in [2.45, 2.75) is 44.4 Å². The first-order valence-corrected chi connectivity index (χ1v) is 9.50. The molecule has 0 bridgehead atoms. The zero-order valence-corrected chi connectivity index (χ0v) is 15.5. The van der Waals surface area contributed by atoms with Gasteiger partial charge in [-0.15, -0.1) is 0 Å². The summed E-state index contributed by atoms with van der Waals surface area (Å²) in [7, 11) is 0. The highest BCUT2D eigenvalue weighted by molar-refractivity contribution is 5.89. The van der Waals surface area contributed by atoms with E-state index in [1.807, 2.05) is 55.5 Å². The number of hydrogen-bond acceptors (Lipinski definition) is 4.